The van der Waals surface area contributed by atoms with E-state index < -0.39 is 0 Å². The van der Waals surface area contributed by atoms with E-state index >= 15 is 0 Å². The molecule has 0 bridgehead atoms. The van der Waals surface area contributed by atoms with Gasteiger partial charge in [-0.05, 0) is 19.4 Å². The second kappa shape index (κ2) is 3.41. The topological polar surface area (TPSA) is 9.23 Å². The van der Waals surface area contributed by atoms with Gasteiger partial charge >= 0.3 is 0 Å². The summed E-state index contributed by atoms with van der Waals surface area (Å²) in [6.45, 7) is 4.16. The number of benzene rings is 1. The molecule has 0 aliphatic carbocycles. The van der Waals surface area contributed by atoms with Crippen molar-refractivity contribution >= 4 is 15.4 Å². The molecule has 0 saturated carbocycles. The first kappa shape index (κ1) is 9.48. The van der Waals surface area contributed by atoms with E-state index in [1.54, 1.807) is 7.11 Å². The Hall–Kier alpha value is -0.603. The van der Waals surface area contributed by atoms with Gasteiger partial charge in [0.2, 0.25) is 0 Å². The quantitative estimate of drug-likeness (QED) is 0.604. The Kier molecular flexibility index (Phi) is 2.70. The lowest BCUT2D eigenvalue weighted by atomic mass is 9.98. The smallest absolute Gasteiger partial charge is 0.0871 e. The van der Waals surface area contributed by atoms with Crippen molar-refractivity contribution in [2.24, 2.45) is 0 Å². The van der Waals surface area contributed by atoms with Crippen molar-refractivity contribution in [3.8, 4) is 0 Å². The lowest BCUT2D eigenvalue weighted by Gasteiger charge is -2.23. The van der Waals surface area contributed by atoms with Crippen molar-refractivity contribution in [1.82, 2.24) is 0 Å². The van der Waals surface area contributed by atoms with Crippen LogP contribution in [-0.2, 0) is 10.3 Å². The predicted molar refractivity (Wildman–Crippen MR) is 56.1 cm³/mol. The number of hydrogen-bond acceptors (Lipinski definition) is 1. The van der Waals surface area contributed by atoms with Crippen molar-refractivity contribution < 1.29 is 4.74 Å². The highest BCUT2D eigenvalue weighted by molar-refractivity contribution is 6.32. The SMILES string of the molecule is COC(C)(C)c1ccc([SiH3])cc1. The Morgan fingerprint density at radius 3 is 2.08 bits per heavy atom. The molecule has 66 valence electrons. The third kappa shape index (κ3) is 1.96. The molecule has 0 radical (unpaired) electrons. The maximum atomic E-state index is 5.37. The molecule has 1 aromatic carbocycles. The maximum absolute atomic E-state index is 5.37. The summed E-state index contributed by atoms with van der Waals surface area (Å²) in [5.41, 5.74) is 1.08. The lowest BCUT2D eigenvalue weighted by molar-refractivity contribution is 0.0192. The molecule has 0 N–H and O–H groups in total. The molecule has 0 atom stereocenters. The number of ether oxygens (including phenoxy) is 1. The van der Waals surface area contributed by atoms with Gasteiger partial charge in [0.15, 0.2) is 0 Å². The van der Waals surface area contributed by atoms with Gasteiger partial charge < -0.3 is 4.74 Å². The molecule has 1 nitrogen and oxygen atoms in total. The third-order valence-electron chi connectivity index (χ3n) is 2.26. The van der Waals surface area contributed by atoms with Crippen molar-refractivity contribution in [2.75, 3.05) is 7.11 Å². The highest BCUT2D eigenvalue weighted by atomic mass is 28.1. The Morgan fingerprint density at radius 2 is 1.67 bits per heavy atom. The Labute approximate surface area is 77.2 Å². The first-order valence-electron chi connectivity index (χ1n) is 4.18. The summed E-state index contributed by atoms with van der Waals surface area (Å²) in [6, 6.07) is 8.63. The zero-order chi connectivity index (χ0) is 9.19. The van der Waals surface area contributed by atoms with Crippen LogP contribution in [0.2, 0.25) is 0 Å². The molecule has 0 saturated heterocycles. The summed E-state index contributed by atoms with van der Waals surface area (Å²) in [4.78, 5) is 0. The molecule has 0 fully saturated rings. The van der Waals surface area contributed by atoms with E-state index in [9.17, 15) is 0 Å². The van der Waals surface area contributed by atoms with E-state index in [2.05, 4.69) is 38.1 Å². The van der Waals surface area contributed by atoms with E-state index in [1.165, 1.54) is 10.8 Å². The van der Waals surface area contributed by atoms with Gasteiger partial charge in [-0.2, -0.15) is 0 Å². The van der Waals surface area contributed by atoms with E-state index in [1.807, 2.05) is 0 Å². The van der Waals surface area contributed by atoms with Crippen molar-refractivity contribution in [1.29, 1.82) is 0 Å². The molecule has 1 aromatic rings. The molecule has 12 heavy (non-hydrogen) atoms. The molecule has 1 rings (SSSR count). The summed E-state index contributed by atoms with van der Waals surface area (Å²) in [7, 11) is 2.86. The number of methoxy groups -OCH3 is 1. The number of hydrogen-bond donors (Lipinski definition) is 0. The van der Waals surface area contributed by atoms with Crippen LogP contribution in [0, 0.1) is 0 Å². The van der Waals surface area contributed by atoms with E-state index in [-0.39, 0.29) is 5.60 Å². The largest absolute Gasteiger partial charge is 0.374 e. The fourth-order valence-corrected chi connectivity index (χ4v) is 1.41. The third-order valence-corrected chi connectivity index (χ3v) is 2.92. The van der Waals surface area contributed by atoms with E-state index in [4.69, 9.17) is 4.74 Å². The van der Waals surface area contributed by atoms with Crippen LogP contribution in [0.4, 0.5) is 0 Å². The van der Waals surface area contributed by atoms with Crippen LogP contribution in [0.15, 0.2) is 24.3 Å². The standard InChI is InChI=1S/C10H16OSi/c1-10(2,11-3)8-4-6-9(12)7-5-8/h4-7H,1-3,12H3. The molecule has 0 unspecified atom stereocenters. The van der Waals surface area contributed by atoms with Gasteiger partial charge in [0.1, 0.15) is 0 Å². The van der Waals surface area contributed by atoms with Gasteiger partial charge in [-0.15, -0.1) is 0 Å². The van der Waals surface area contributed by atoms with Crippen LogP contribution >= 0.6 is 0 Å². The Bertz CT molecular complexity index is 251. The summed E-state index contributed by atoms with van der Waals surface area (Å²) in [5, 5.41) is 1.42. The van der Waals surface area contributed by atoms with Gasteiger partial charge in [0.25, 0.3) is 0 Å². The summed E-state index contributed by atoms with van der Waals surface area (Å²) in [5.74, 6) is 0. The second-order valence-corrected chi connectivity index (χ2v) is 4.74. The first-order valence-corrected chi connectivity index (χ1v) is 5.18. The molecule has 0 amide bonds. The van der Waals surface area contributed by atoms with E-state index in [0.717, 1.165) is 10.2 Å². The minimum atomic E-state index is -0.157. The second-order valence-electron chi connectivity index (χ2n) is 3.58. The van der Waals surface area contributed by atoms with Crippen molar-refractivity contribution in [3.63, 3.8) is 0 Å². The van der Waals surface area contributed by atoms with Crippen LogP contribution in [-0.4, -0.2) is 17.4 Å². The van der Waals surface area contributed by atoms with Gasteiger partial charge in [-0.25, -0.2) is 0 Å². The van der Waals surface area contributed by atoms with Crippen LogP contribution < -0.4 is 5.19 Å². The Balaban J connectivity index is 2.96. The molecule has 0 aliphatic rings. The molecule has 0 heterocycles. The molecular weight excluding hydrogens is 164 g/mol. The van der Waals surface area contributed by atoms with Crippen LogP contribution in [0.5, 0.6) is 0 Å². The fraction of sp³-hybridized carbons (Fsp3) is 0.400. The van der Waals surface area contributed by atoms with E-state index in [0.29, 0.717) is 0 Å². The summed E-state index contributed by atoms with van der Waals surface area (Å²) in [6.07, 6.45) is 0. The average Bonchev–Trinajstić information content (AvgIpc) is 2.05. The molecule has 0 aromatic heterocycles. The van der Waals surface area contributed by atoms with Gasteiger partial charge in [-0.3, -0.25) is 0 Å². The molecular formula is C10H16OSi. The highest BCUT2D eigenvalue weighted by Crippen LogP contribution is 2.22. The number of rotatable bonds is 2. The highest BCUT2D eigenvalue weighted by Gasteiger charge is 2.18. The zero-order valence-electron chi connectivity index (χ0n) is 8.22. The minimum absolute atomic E-state index is 0.157. The molecule has 0 spiro atoms. The van der Waals surface area contributed by atoms with Crippen molar-refractivity contribution in [2.45, 2.75) is 19.4 Å². The van der Waals surface area contributed by atoms with Gasteiger partial charge in [0.05, 0.1) is 5.60 Å². The monoisotopic (exact) mass is 180 g/mol. The Morgan fingerprint density at radius 1 is 1.17 bits per heavy atom. The summed E-state index contributed by atoms with van der Waals surface area (Å²) < 4.78 is 5.37. The first-order chi connectivity index (χ1) is 5.56. The van der Waals surface area contributed by atoms with Crippen LogP contribution in [0.1, 0.15) is 19.4 Å². The minimum Gasteiger partial charge on any atom is -0.374 e. The van der Waals surface area contributed by atoms with Crippen molar-refractivity contribution in [3.05, 3.63) is 29.8 Å². The maximum Gasteiger partial charge on any atom is 0.0871 e. The zero-order valence-corrected chi connectivity index (χ0v) is 10.2. The van der Waals surface area contributed by atoms with Gasteiger partial charge in [-0.1, -0.05) is 29.5 Å². The average molecular weight is 180 g/mol. The molecule has 2 heteroatoms. The van der Waals surface area contributed by atoms with Crippen LogP contribution in [0.25, 0.3) is 0 Å². The lowest BCUT2D eigenvalue weighted by Crippen LogP contribution is -2.20. The summed E-state index contributed by atoms with van der Waals surface area (Å²) >= 11 is 0. The van der Waals surface area contributed by atoms with Crippen LogP contribution in [0.3, 0.4) is 0 Å². The predicted octanol–water partition coefficient (Wildman–Crippen LogP) is 0.559. The normalized spacial score (nSPS) is 11.9. The molecule has 0 aliphatic heterocycles. The fourth-order valence-electron chi connectivity index (χ4n) is 1.07. The van der Waals surface area contributed by atoms with Gasteiger partial charge in [0, 0.05) is 17.4 Å².